The van der Waals surface area contributed by atoms with Crippen LogP contribution in [0.15, 0.2) is 0 Å². The first kappa shape index (κ1) is 12.2. The summed E-state index contributed by atoms with van der Waals surface area (Å²) in [6.45, 7) is 2.14. The SMILES string of the molecule is CCSCCCC1(C(=O)O)CCCS1. The van der Waals surface area contributed by atoms with Crippen molar-refractivity contribution in [3.63, 3.8) is 0 Å². The number of carboxylic acid groups (broad SMARTS) is 1. The van der Waals surface area contributed by atoms with Gasteiger partial charge in [-0.15, -0.1) is 11.8 Å². The van der Waals surface area contributed by atoms with Crippen LogP contribution in [-0.2, 0) is 4.79 Å². The highest BCUT2D eigenvalue weighted by molar-refractivity contribution is 8.01. The Labute approximate surface area is 94.2 Å². The monoisotopic (exact) mass is 234 g/mol. The summed E-state index contributed by atoms with van der Waals surface area (Å²) in [5.41, 5.74) is 0. The summed E-state index contributed by atoms with van der Waals surface area (Å²) in [7, 11) is 0. The summed E-state index contributed by atoms with van der Waals surface area (Å²) in [6.07, 6.45) is 3.82. The van der Waals surface area contributed by atoms with E-state index in [9.17, 15) is 9.90 Å². The van der Waals surface area contributed by atoms with Crippen molar-refractivity contribution in [2.75, 3.05) is 17.3 Å². The van der Waals surface area contributed by atoms with Gasteiger partial charge in [0, 0.05) is 0 Å². The van der Waals surface area contributed by atoms with Crippen LogP contribution in [0.3, 0.4) is 0 Å². The minimum absolute atomic E-state index is 0.436. The quantitative estimate of drug-likeness (QED) is 0.717. The first-order valence-electron chi connectivity index (χ1n) is 5.16. The maximum Gasteiger partial charge on any atom is 0.319 e. The molecule has 0 spiro atoms. The molecular weight excluding hydrogens is 216 g/mol. The molecule has 0 radical (unpaired) electrons. The van der Waals surface area contributed by atoms with Gasteiger partial charge in [-0.05, 0) is 42.9 Å². The minimum atomic E-state index is -0.596. The fourth-order valence-corrected chi connectivity index (χ4v) is 3.79. The van der Waals surface area contributed by atoms with Gasteiger partial charge in [0.05, 0.1) is 0 Å². The number of carbonyl (C=O) groups is 1. The second kappa shape index (κ2) is 5.91. The fourth-order valence-electron chi connectivity index (χ4n) is 1.77. The van der Waals surface area contributed by atoms with Gasteiger partial charge in [-0.3, -0.25) is 4.79 Å². The van der Waals surface area contributed by atoms with E-state index in [-0.39, 0.29) is 0 Å². The number of hydrogen-bond donors (Lipinski definition) is 1. The molecule has 1 unspecified atom stereocenters. The van der Waals surface area contributed by atoms with Gasteiger partial charge in [-0.2, -0.15) is 11.8 Å². The first-order chi connectivity index (χ1) is 6.71. The van der Waals surface area contributed by atoms with E-state index >= 15 is 0 Å². The highest BCUT2D eigenvalue weighted by Crippen LogP contribution is 2.42. The first-order valence-corrected chi connectivity index (χ1v) is 7.30. The molecule has 0 aromatic carbocycles. The highest BCUT2D eigenvalue weighted by atomic mass is 32.2. The third-order valence-corrected chi connectivity index (χ3v) is 5.18. The lowest BCUT2D eigenvalue weighted by Gasteiger charge is -2.22. The van der Waals surface area contributed by atoms with Gasteiger partial charge < -0.3 is 5.11 Å². The van der Waals surface area contributed by atoms with Gasteiger partial charge in [0.25, 0.3) is 0 Å². The van der Waals surface area contributed by atoms with Crippen LogP contribution < -0.4 is 0 Å². The summed E-state index contributed by atoms with van der Waals surface area (Å²) < 4.78 is -0.436. The van der Waals surface area contributed by atoms with Gasteiger partial charge in [0.2, 0.25) is 0 Å². The summed E-state index contributed by atoms with van der Waals surface area (Å²) in [5.74, 6) is 2.66. The largest absolute Gasteiger partial charge is 0.480 e. The molecule has 1 atom stereocenters. The Morgan fingerprint density at radius 2 is 2.43 bits per heavy atom. The van der Waals surface area contributed by atoms with Crippen LogP contribution in [0.25, 0.3) is 0 Å². The Morgan fingerprint density at radius 3 is 2.93 bits per heavy atom. The molecule has 1 saturated heterocycles. The molecule has 0 aliphatic carbocycles. The van der Waals surface area contributed by atoms with Crippen molar-refractivity contribution in [2.45, 2.75) is 37.4 Å². The lowest BCUT2D eigenvalue weighted by Crippen LogP contribution is -2.32. The Morgan fingerprint density at radius 1 is 1.64 bits per heavy atom. The van der Waals surface area contributed by atoms with Crippen LogP contribution in [0, 0.1) is 0 Å². The topological polar surface area (TPSA) is 37.3 Å². The molecule has 0 bridgehead atoms. The van der Waals surface area contributed by atoms with Gasteiger partial charge in [0.15, 0.2) is 0 Å². The van der Waals surface area contributed by atoms with Gasteiger partial charge in [0.1, 0.15) is 4.75 Å². The van der Waals surface area contributed by atoms with Crippen LogP contribution >= 0.6 is 23.5 Å². The van der Waals surface area contributed by atoms with Crippen molar-refractivity contribution in [2.24, 2.45) is 0 Å². The molecule has 0 aromatic rings. The third-order valence-electron chi connectivity index (χ3n) is 2.57. The van der Waals surface area contributed by atoms with E-state index in [1.165, 1.54) is 0 Å². The van der Waals surface area contributed by atoms with Gasteiger partial charge >= 0.3 is 5.97 Å². The van der Waals surface area contributed by atoms with E-state index < -0.39 is 10.7 Å². The van der Waals surface area contributed by atoms with E-state index in [0.717, 1.165) is 42.9 Å². The maximum atomic E-state index is 11.2. The molecule has 2 nitrogen and oxygen atoms in total. The predicted octanol–water partition coefficient (Wildman–Crippen LogP) is 2.87. The number of aliphatic carboxylic acids is 1. The predicted molar refractivity (Wildman–Crippen MR) is 64.3 cm³/mol. The zero-order valence-corrected chi connectivity index (χ0v) is 10.3. The van der Waals surface area contributed by atoms with Crippen molar-refractivity contribution >= 4 is 29.5 Å². The molecule has 82 valence electrons. The molecule has 1 aliphatic heterocycles. The average Bonchev–Trinajstić information content (AvgIpc) is 2.62. The normalized spacial score (nSPS) is 26.6. The average molecular weight is 234 g/mol. The maximum absolute atomic E-state index is 11.2. The molecular formula is C10H18O2S2. The molecule has 1 aliphatic rings. The van der Waals surface area contributed by atoms with Crippen LogP contribution in [0.1, 0.15) is 32.6 Å². The summed E-state index contributed by atoms with van der Waals surface area (Å²) in [6, 6.07) is 0. The van der Waals surface area contributed by atoms with Crippen molar-refractivity contribution in [3.8, 4) is 0 Å². The van der Waals surface area contributed by atoms with Crippen LogP contribution in [-0.4, -0.2) is 33.1 Å². The Bertz CT molecular complexity index is 189. The lowest BCUT2D eigenvalue weighted by molar-refractivity contribution is -0.140. The van der Waals surface area contributed by atoms with Crippen molar-refractivity contribution in [1.29, 1.82) is 0 Å². The number of thioether (sulfide) groups is 2. The fraction of sp³-hybridized carbons (Fsp3) is 0.900. The second-order valence-electron chi connectivity index (χ2n) is 3.55. The highest BCUT2D eigenvalue weighted by Gasteiger charge is 2.41. The van der Waals surface area contributed by atoms with Crippen molar-refractivity contribution in [1.82, 2.24) is 0 Å². The Balaban J connectivity index is 2.33. The molecule has 0 saturated carbocycles. The van der Waals surface area contributed by atoms with Crippen LogP contribution in [0.5, 0.6) is 0 Å². The molecule has 1 heterocycles. The van der Waals surface area contributed by atoms with E-state index in [2.05, 4.69) is 6.92 Å². The molecule has 1 N–H and O–H groups in total. The van der Waals surface area contributed by atoms with E-state index in [4.69, 9.17) is 0 Å². The van der Waals surface area contributed by atoms with Crippen molar-refractivity contribution in [3.05, 3.63) is 0 Å². The second-order valence-corrected chi connectivity index (χ2v) is 6.42. The lowest BCUT2D eigenvalue weighted by atomic mass is 9.98. The number of hydrogen-bond acceptors (Lipinski definition) is 3. The number of rotatable bonds is 6. The zero-order chi connectivity index (χ0) is 10.4. The van der Waals surface area contributed by atoms with E-state index in [1.807, 2.05) is 11.8 Å². The van der Waals surface area contributed by atoms with Crippen molar-refractivity contribution < 1.29 is 9.90 Å². The number of carboxylic acids is 1. The standard InChI is InChI=1S/C10H18O2S2/c1-2-13-7-3-5-10(9(11)12)6-4-8-14-10/h2-8H2,1H3,(H,11,12). The molecule has 14 heavy (non-hydrogen) atoms. The summed E-state index contributed by atoms with van der Waals surface area (Å²) >= 11 is 3.55. The summed E-state index contributed by atoms with van der Waals surface area (Å²) in [5, 5.41) is 9.19. The minimum Gasteiger partial charge on any atom is -0.480 e. The Hall–Kier alpha value is 0.170. The molecule has 0 aromatic heterocycles. The van der Waals surface area contributed by atoms with Gasteiger partial charge in [-0.25, -0.2) is 0 Å². The molecule has 4 heteroatoms. The third kappa shape index (κ3) is 3.09. The smallest absolute Gasteiger partial charge is 0.319 e. The van der Waals surface area contributed by atoms with Crippen LogP contribution in [0.2, 0.25) is 0 Å². The van der Waals surface area contributed by atoms with E-state index in [1.54, 1.807) is 11.8 Å². The molecule has 1 fully saturated rings. The zero-order valence-electron chi connectivity index (χ0n) is 8.62. The molecule has 0 amide bonds. The summed E-state index contributed by atoms with van der Waals surface area (Å²) in [4.78, 5) is 11.2. The Kier molecular flexibility index (Phi) is 5.17. The molecule has 1 rings (SSSR count). The van der Waals surface area contributed by atoms with Crippen LogP contribution in [0.4, 0.5) is 0 Å². The van der Waals surface area contributed by atoms with Gasteiger partial charge in [-0.1, -0.05) is 6.92 Å². The van der Waals surface area contributed by atoms with E-state index in [0.29, 0.717) is 0 Å².